The summed E-state index contributed by atoms with van der Waals surface area (Å²) >= 11 is 17.7. The molecule has 1 nitrogen and oxygen atoms in total. The first kappa shape index (κ1) is 22.8. The average molecular weight is 495 g/mol. The zero-order valence-electron chi connectivity index (χ0n) is 16.6. The lowest BCUT2D eigenvalue weighted by Gasteiger charge is -2.18. The van der Waals surface area contributed by atoms with Crippen LogP contribution in [-0.2, 0) is 6.54 Å². The molecule has 1 aromatic heterocycles. The number of hydrogen-bond donors (Lipinski definition) is 0. The highest BCUT2D eigenvalue weighted by Gasteiger charge is 2.39. The molecule has 1 unspecified atom stereocenters. The summed E-state index contributed by atoms with van der Waals surface area (Å²) in [5.41, 5.74) is 1.64. The van der Waals surface area contributed by atoms with E-state index < -0.39 is 12.1 Å². The standard InChI is InChI=1S/C25H17Cl3F3N/c26-22-11-20(12-23(27)24(22)28)21(25(29,30)31)10-9-16-5-7-17(8-6-16)13-32-14-18-3-1-2-4-19(18)15-32/h1-12,14-15,21H,13H2/b10-9+. The largest absolute Gasteiger partial charge is 0.399 e. The number of aromatic nitrogens is 1. The van der Waals surface area contributed by atoms with Crippen LogP contribution in [0.2, 0.25) is 15.1 Å². The summed E-state index contributed by atoms with van der Waals surface area (Å²) in [6, 6.07) is 17.9. The Morgan fingerprint density at radius 3 is 1.94 bits per heavy atom. The van der Waals surface area contributed by atoms with Crippen LogP contribution in [0.15, 0.2) is 79.1 Å². The molecule has 0 aliphatic rings. The van der Waals surface area contributed by atoms with E-state index >= 15 is 0 Å². The Morgan fingerprint density at radius 1 is 0.844 bits per heavy atom. The normalized spacial score (nSPS) is 13.2. The average Bonchev–Trinajstić information content (AvgIpc) is 3.14. The van der Waals surface area contributed by atoms with Crippen LogP contribution in [0, 0.1) is 0 Å². The van der Waals surface area contributed by atoms with Gasteiger partial charge in [0.25, 0.3) is 0 Å². The van der Waals surface area contributed by atoms with Gasteiger partial charge < -0.3 is 4.57 Å². The summed E-state index contributed by atoms with van der Waals surface area (Å²) in [4.78, 5) is 0. The summed E-state index contributed by atoms with van der Waals surface area (Å²) in [5, 5.41) is 2.33. The number of halogens is 6. The molecule has 0 fully saturated rings. The van der Waals surface area contributed by atoms with Crippen molar-refractivity contribution in [2.75, 3.05) is 0 Å². The molecular formula is C25H17Cl3F3N. The highest BCUT2D eigenvalue weighted by molar-refractivity contribution is 6.48. The van der Waals surface area contributed by atoms with Crippen LogP contribution < -0.4 is 0 Å². The van der Waals surface area contributed by atoms with Crippen molar-refractivity contribution >= 4 is 51.7 Å². The fourth-order valence-corrected chi connectivity index (χ4v) is 4.16. The molecule has 0 aliphatic heterocycles. The number of benzene rings is 3. The highest BCUT2D eigenvalue weighted by Crippen LogP contribution is 2.41. The van der Waals surface area contributed by atoms with Gasteiger partial charge in [-0.05, 0) is 39.6 Å². The van der Waals surface area contributed by atoms with Crippen molar-refractivity contribution in [1.29, 1.82) is 0 Å². The molecule has 0 saturated carbocycles. The zero-order chi connectivity index (χ0) is 22.9. The molecule has 32 heavy (non-hydrogen) atoms. The minimum Gasteiger partial charge on any atom is -0.349 e. The van der Waals surface area contributed by atoms with Crippen molar-refractivity contribution in [1.82, 2.24) is 4.57 Å². The van der Waals surface area contributed by atoms with E-state index in [1.54, 1.807) is 12.1 Å². The molecule has 3 aromatic carbocycles. The quantitative estimate of drug-likeness (QED) is 0.244. The van der Waals surface area contributed by atoms with Crippen molar-refractivity contribution in [3.8, 4) is 0 Å². The van der Waals surface area contributed by atoms with Gasteiger partial charge in [-0.2, -0.15) is 13.2 Å². The molecule has 1 atom stereocenters. The summed E-state index contributed by atoms with van der Waals surface area (Å²) < 4.78 is 43.2. The third kappa shape index (κ3) is 5.15. The molecule has 4 rings (SSSR count). The number of alkyl halides is 3. The van der Waals surface area contributed by atoms with Crippen LogP contribution in [0.25, 0.3) is 16.8 Å². The number of rotatable bonds is 5. The van der Waals surface area contributed by atoms with Gasteiger partial charge in [0.1, 0.15) is 0 Å². The fraction of sp³-hybridized carbons (Fsp3) is 0.120. The van der Waals surface area contributed by atoms with Gasteiger partial charge in [-0.15, -0.1) is 0 Å². The van der Waals surface area contributed by atoms with Gasteiger partial charge in [0.05, 0.1) is 21.0 Å². The Hall–Kier alpha value is -2.40. The third-order valence-electron chi connectivity index (χ3n) is 5.15. The number of allylic oxidation sites excluding steroid dienone is 1. The van der Waals surface area contributed by atoms with Crippen LogP contribution in [0.1, 0.15) is 22.6 Å². The van der Waals surface area contributed by atoms with Crippen molar-refractivity contribution in [3.63, 3.8) is 0 Å². The van der Waals surface area contributed by atoms with Gasteiger partial charge >= 0.3 is 6.18 Å². The minimum atomic E-state index is -4.51. The Kier molecular flexibility index (Phi) is 6.57. The van der Waals surface area contributed by atoms with Gasteiger partial charge in [-0.25, -0.2) is 0 Å². The molecule has 164 valence electrons. The molecule has 0 saturated heterocycles. The lowest BCUT2D eigenvalue weighted by molar-refractivity contribution is -0.139. The van der Waals surface area contributed by atoms with Gasteiger partial charge in [-0.1, -0.05) is 95.5 Å². The topological polar surface area (TPSA) is 4.93 Å². The molecule has 0 amide bonds. The van der Waals surface area contributed by atoms with E-state index in [9.17, 15) is 13.2 Å². The number of nitrogens with zero attached hydrogens (tertiary/aromatic N) is 1. The lowest BCUT2D eigenvalue weighted by atomic mass is 9.97. The summed E-state index contributed by atoms with van der Waals surface area (Å²) in [7, 11) is 0. The van der Waals surface area contributed by atoms with Gasteiger partial charge in [0.15, 0.2) is 0 Å². The number of hydrogen-bond acceptors (Lipinski definition) is 0. The van der Waals surface area contributed by atoms with Crippen LogP contribution in [0.4, 0.5) is 13.2 Å². The van der Waals surface area contributed by atoms with E-state index in [0.29, 0.717) is 12.1 Å². The van der Waals surface area contributed by atoms with E-state index in [1.807, 2.05) is 24.3 Å². The molecule has 0 bridgehead atoms. The first-order valence-corrected chi connectivity index (χ1v) is 10.9. The predicted molar refractivity (Wildman–Crippen MR) is 127 cm³/mol. The van der Waals surface area contributed by atoms with E-state index in [0.717, 1.165) is 22.4 Å². The Labute approximate surface area is 198 Å². The van der Waals surface area contributed by atoms with Crippen LogP contribution in [-0.4, -0.2) is 10.7 Å². The maximum absolute atomic E-state index is 13.7. The van der Waals surface area contributed by atoms with E-state index in [-0.39, 0.29) is 20.6 Å². The number of fused-ring (bicyclic) bond motifs is 1. The lowest BCUT2D eigenvalue weighted by Crippen LogP contribution is -2.19. The van der Waals surface area contributed by atoms with E-state index in [2.05, 4.69) is 29.1 Å². The molecule has 0 aliphatic carbocycles. The third-order valence-corrected chi connectivity index (χ3v) is 6.35. The maximum Gasteiger partial charge on any atom is 0.399 e. The second-order valence-corrected chi connectivity index (χ2v) is 8.67. The summed E-state index contributed by atoms with van der Waals surface area (Å²) in [6.07, 6.45) is 2.18. The molecular weight excluding hydrogens is 478 g/mol. The first-order chi connectivity index (χ1) is 15.2. The SMILES string of the molecule is FC(F)(F)C(/C=C/c1ccc(Cn2cc3ccccc3c2)cc1)c1cc(Cl)c(Cl)c(Cl)c1. The Bertz CT molecular complexity index is 1220. The molecule has 0 spiro atoms. The van der Waals surface area contributed by atoms with Gasteiger partial charge in [0, 0.05) is 18.9 Å². The Balaban J connectivity index is 1.53. The fourth-order valence-electron chi connectivity index (χ4n) is 3.55. The zero-order valence-corrected chi connectivity index (χ0v) is 18.9. The van der Waals surface area contributed by atoms with E-state index in [4.69, 9.17) is 34.8 Å². The van der Waals surface area contributed by atoms with Crippen molar-refractivity contribution < 1.29 is 13.2 Å². The molecule has 7 heteroatoms. The second kappa shape index (κ2) is 9.22. The van der Waals surface area contributed by atoms with Crippen molar-refractivity contribution in [2.24, 2.45) is 0 Å². The Morgan fingerprint density at radius 2 is 1.41 bits per heavy atom. The maximum atomic E-state index is 13.7. The smallest absolute Gasteiger partial charge is 0.349 e. The van der Waals surface area contributed by atoms with Crippen LogP contribution in [0.3, 0.4) is 0 Å². The highest BCUT2D eigenvalue weighted by atomic mass is 35.5. The van der Waals surface area contributed by atoms with Crippen LogP contribution in [0.5, 0.6) is 0 Å². The summed E-state index contributed by atoms with van der Waals surface area (Å²) in [6.45, 7) is 0.672. The molecule has 1 heterocycles. The minimum absolute atomic E-state index is 0.0150. The van der Waals surface area contributed by atoms with E-state index in [1.165, 1.54) is 18.2 Å². The van der Waals surface area contributed by atoms with Crippen molar-refractivity contribution in [3.05, 3.63) is 111 Å². The van der Waals surface area contributed by atoms with Gasteiger partial charge in [0.2, 0.25) is 0 Å². The van der Waals surface area contributed by atoms with Crippen LogP contribution >= 0.6 is 34.8 Å². The second-order valence-electron chi connectivity index (χ2n) is 7.48. The molecule has 4 aromatic rings. The van der Waals surface area contributed by atoms with Crippen molar-refractivity contribution in [2.45, 2.75) is 18.6 Å². The molecule has 0 radical (unpaired) electrons. The van der Waals surface area contributed by atoms with Gasteiger partial charge in [-0.3, -0.25) is 0 Å². The predicted octanol–water partition coefficient (Wildman–Crippen LogP) is 9.01. The molecule has 0 N–H and O–H groups in total. The first-order valence-electron chi connectivity index (χ1n) is 9.73. The monoisotopic (exact) mass is 493 g/mol. The summed E-state index contributed by atoms with van der Waals surface area (Å²) in [5.74, 6) is -1.86.